The molecule has 0 saturated heterocycles. The Kier molecular flexibility index (Phi) is 4.84. The minimum absolute atomic E-state index is 0.141. The Bertz CT molecular complexity index is 439. The molecule has 0 fully saturated rings. The lowest BCUT2D eigenvalue weighted by Crippen LogP contribution is -2.10. The van der Waals surface area contributed by atoms with Crippen LogP contribution in [-0.4, -0.2) is 13.0 Å². The number of ether oxygens (including phenoxy) is 1. The fraction of sp³-hybridized carbons (Fsp3) is 0.182. The summed E-state index contributed by atoms with van der Waals surface area (Å²) < 4.78 is 20.8. The summed E-state index contributed by atoms with van der Waals surface area (Å²) in [5, 5.41) is 0. The van der Waals surface area contributed by atoms with Crippen molar-refractivity contribution in [2.75, 3.05) is 12.8 Å². The number of nitrogens with zero attached hydrogens (tertiary/aromatic N) is 1. The van der Waals surface area contributed by atoms with Crippen LogP contribution in [0.4, 0.5) is 9.57 Å². The minimum atomic E-state index is -0.174. The number of halogens is 1. The number of methoxy groups -OCH3 is 1. The average Bonchev–Trinajstić information content (AvgIpc) is 2.30. The number of nitrogen functional groups attached to an aromatic ring is 1. The third-order valence-corrected chi connectivity index (χ3v) is 2.35. The van der Waals surface area contributed by atoms with E-state index in [1.54, 1.807) is 31.2 Å². The molecule has 6 heteroatoms. The summed E-state index contributed by atoms with van der Waals surface area (Å²) in [6.45, 7) is 1.70. The van der Waals surface area contributed by atoms with Crippen molar-refractivity contribution >= 4 is 29.5 Å². The van der Waals surface area contributed by atoms with Gasteiger partial charge in [-0.3, -0.25) is 0 Å². The second-order valence-electron chi connectivity index (χ2n) is 3.35. The second-order valence-corrected chi connectivity index (χ2v) is 3.67. The predicted octanol–water partition coefficient (Wildman–Crippen LogP) is 2.54. The largest absolute Gasteiger partial charge is 0.480 e. The van der Waals surface area contributed by atoms with Gasteiger partial charge in [-0.1, -0.05) is 12.1 Å². The summed E-state index contributed by atoms with van der Waals surface area (Å²) >= 11 is -0.174. The molecule has 1 rings (SSSR count). The molecule has 0 unspecified atom stereocenters. The Morgan fingerprint density at radius 1 is 1.35 bits per heavy atom. The van der Waals surface area contributed by atoms with Crippen LogP contribution in [0, 0.1) is 0 Å². The van der Waals surface area contributed by atoms with E-state index in [9.17, 15) is 3.89 Å². The van der Waals surface area contributed by atoms with Crippen LogP contribution >= 0.6 is 12.3 Å². The molecular weight excluding hydrogens is 241 g/mol. The van der Waals surface area contributed by atoms with Gasteiger partial charge < -0.3 is 16.2 Å². The van der Waals surface area contributed by atoms with Crippen LogP contribution in [0.15, 0.2) is 34.4 Å². The first-order valence-corrected chi connectivity index (χ1v) is 5.50. The minimum Gasteiger partial charge on any atom is -0.480 e. The maximum atomic E-state index is 12.2. The molecule has 0 amide bonds. The Labute approximate surface area is 104 Å². The zero-order valence-corrected chi connectivity index (χ0v) is 10.4. The highest BCUT2D eigenvalue weighted by Gasteiger charge is 2.13. The number of hydrogen-bond donors (Lipinski definition) is 2. The molecule has 4 nitrogen and oxygen atoms in total. The first-order chi connectivity index (χ1) is 8.10. The Morgan fingerprint density at radius 3 is 2.35 bits per heavy atom. The molecule has 0 heterocycles. The van der Waals surface area contributed by atoms with Crippen LogP contribution in [0.5, 0.6) is 0 Å². The van der Waals surface area contributed by atoms with Gasteiger partial charge in [-0.2, -0.15) is 0 Å². The maximum absolute atomic E-state index is 12.2. The van der Waals surface area contributed by atoms with Crippen molar-refractivity contribution in [3.63, 3.8) is 0 Å². The predicted molar refractivity (Wildman–Crippen MR) is 70.8 cm³/mol. The van der Waals surface area contributed by atoms with Crippen LogP contribution in [-0.2, 0) is 4.74 Å². The molecule has 0 aliphatic carbocycles. The number of anilines is 1. The van der Waals surface area contributed by atoms with Gasteiger partial charge in [0.1, 0.15) is 0 Å². The van der Waals surface area contributed by atoms with Crippen molar-refractivity contribution in [1.82, 2.24) is 0 Å². The number of rotatable bonds is 3. The maximum Gasteiger partial charge on any atom is 0.232 e. The third-order valence-electron chi connectivity index (χ3n) is 2.12. The van der Waals surface area contributed by atoms with Gasteiger partial charge in [-0.05, 0) is 24.6 Å². The highest BCUT2D eigenvalue weighted by atomic mass is 32.2. The van der Waals surface area contributed by atoms with Crippen LogP contribution in [0.3, 0.4) is 0 Å². The topological polar surface area (TPSA) is 73.6 Å². The number of allylic oxidation sites excluding steroid dienone is 1. The number of nitrogens with two attached hydrogens (primary N) is 2. The second kappa shape index (κ2) is 6.15. The molecule has 0 radical (unpaired) electrons. The van der Waals surface area contributed by atoms with E-state index in [0.29, 0.717) is 17.0 Å². The molecule has 0 aliphatic heterocycles. The quantitative estimate of drug-likeness (QED) is 0.377. The average molecular weight is 255 g/mol. The van der Waals surface area contributed by atoms with E-state index >= 15 is 0 Å². The summed E-state index contributed by atoms with van der Waals surface area (Å²) in [5.74, 6) is 0.141. The van der Waals surface area contributed by atoms with E-state index < -0.39 is 0 Å². The molecule has 1 aromatic rings. The monoisotopic (exact) mass is 255 g/mol. The van der Waals surface area contributed by atoms with E-state index in [1.165, 1.54) is 7.11 Å². The van der Waals surface area contributed by atoms with Gasteiger partial charge in [0.2, 0.25) is 5.90 Å². The Morgan fingerprint density at radius 2 is 1.94 bits per heavy atom. The molecule has 0 spiro atoms. The molecule has 0 atom stereocenters. The van der Waals surface area contributed by atoms with Gasteiger partial charge in [0.25, 0.3) is 0 Å². The van der Waals surface area contributed by atoms with Crippen LogP contribution in [0.2, 0.25) is 0 Å². The zero-order valence-electron chi connectivity index (χ0n) is 9.61. The molecular formula is C11H14FN3OS. The molecule has 0 bridgehead atoms. The van der Waals surface area contributed by atoms with E-state index in [1.807, 2.05) is 0 Å². The summed E-state index contributed by atoms with van der Waals surface area (Å²) in [4.78, 5) is 0. The molecule has 0 aliphatic rings. The van der Waals surface area contributed by atoms with E-state index in [0.717, 1.165) is 5.56 Å². The highest BCUT2D eigenvalue weighted by Crippen LogP contribution is 2.22. The van der Waals surface area contributed by atoms with Crippen molar-refractivity contribution in [2.45, 2.75) is 6.92 Å². The third kappa shape index (κ3) is 3.39. The highest BCUT2D eigenvalue weighted by molar-refractivity contribution is 7.93. The van der Waals surface area contributed by atoms with Crippen LogP contribution in [0.25, 0.3) is 5.57 Å². The van der Waals surface area contributed by atoms with E-state index in [-0.39, 0.29) is 18.2 Å². The van der Waals surface area contributed by atoms with E-state index in [2.05, 4.69) is 4.40 Å². The molecule has 17 heavy (non-hydrogen) atoms. The van der Waals surface area contributed by atoms with Gasteiger partial charge in [-0.25, -0.2) is 0 Å². The van der Waals surface area contributed by atoms with Gasteiger partial charge >= 0.3 is 0 Å². The summed E-state index contributed by atoms with van der Waals surface area (Å²) in [7, 11) is 1.41. The number of hydrogen-bond acceptors (Lipinski definition) is 5. The Hall–Kier alpha value is -1.69. The SMILES string of the molecule is COC(=NSF)C(=C(C)N)c1ccc(N)cc1. The first-order valence-electron chi connectivity index (χ1n) is 4.82. The summed E-state index contributed by atoms with van der Waals surface area (Å²) in [6, 6.07) is 7.01. The smallest absolute Gasteiger partial charge is 0.232 e. The molecule has 0 saturated carbocycles. The van der Waals surface area contributed by atoms with Gasteiger partial charge in [0.05, 0.1) is 12.7 Å². The van der Waals surface area contributed by atoms with Crippen LogP contribution < -0.4 is 11.5 Å². The van der Waals surface area contributed by atoms with Gasteiger partial charge in [0.15, 0.2) is 12.3 Å². The van der Waals surface area contributed by atoms with Crippen molar-refractivity contribution in [3.8, 4) is 0 Å². The normalized spacial score (nSPS) is 13.2. The van der Waals surface area contributed by atoms with Gasteiger partial charge in [0, 0.05) is 11.4 Å². The van der Waals surface area contributed by atoms with Crippen molar-refractivity contribution in [2.24, 2.45) is 10.1 Å². The van der Waals surface area contributed by atoms with E-state index in [4.69, 9.17) is 16.2 Å². The molecule has 4 N–H and O–H groups in total. The van der Waals surface area contributed by atoms with Gasteiger partial charge in [-0.15, -0.1) is 8.28 Å². The standard InChI is InChI=1S/C11H14FN3OS/c1-7(13)10(11(16-2)15-17-12)8-3-5-9(14)6-4-8/h3-6H,13-14H2,1-2H3. The lowest BCUT2D eigenvalue weighted by molar-refractivity contribution is 0.410. The Balaban J connectivity index is 3.24. The fourth-order valence-electron chi connectivity index (χ4n) is 1.39. The number of benzene rings is 1. The molecule has 1 aromatic carbocycles. The van der Waals surface area contributed by atoms with Crippen molar-refractivity contribution in [3.05, 3.63) is 35.5 Å². The first kappa shape index (κ1) is 13.4. The van der Waals surface area contributed by atoms with Crippen molar-refractivity contribution < 1.29 is 8.62 Å². The summed E-state index contributed by atoms with van der Waals surface area (Å²) in [6.07, 6.45) is 0. The van der Waals surface area contributed by atoms with Crippen molar-refractivity contribution in [1.29, 1.82) is 0 Å². The lowest BCUT2D eigenvalue weighted by atomic mass is 10.0. The molecule has 0 aromatic heterocycles. The lowest BCUT2D eigenvalue weighted by Gasteiger charge is -2.11. The fourth-order valence-corrected chi connectivity index (χ4v) is 1.61. The summed E-state index contributed by atoms with van der Waals surface area (Å²) in [5.41, 5.74) is 13.8. The zero-order chi connectivity index (χ0) is 12.8. The van der Waals surface area contributed by atoms with Crippen LogP contribution in [0.1, 0.15) is 12.5 Å². The molecule has 92 valence electrons.